The van der Waals surface area contributed by atoms with Crippen LogP contribution in [0.15, 0.2) is 18.2 Å². The molecule has 4 nitrogen and oxygen atoms in total. The molecule has 0 bridgehead atoms. The van der Waals surface area contributed by atoms with Gasteiger partial charge in [-0.1, -0.05) is 11.6 Å². The first-order valence-electron chi connectivity index (χ1n) is 6.37. The summed E-state index contributed by atoms with van der Waals surface area (Å²) in [5, 5.41) is 3.56. The second kappa shape index (κ2) is 6.06. The third-order valence-electron chi connectivity index (χ3n) is 3.36. The Labute approximate surface area is 117 Å². The van der Waals surface area contributed by atoms with Crippen LogP contribution in [0.3, 0.4) is 0 Å². The van der Waals surface area contributed by atoms with Crippen LogP contribution in [0.1, 0.15) is 30.1 Å². The van der Waals surface area contributed by atoms with E-state index in [9.17, 15) is 9.59 Å². The summed E-state index contributed by atoms with van der Waals surface area (Å²) in [5.41, 5.74) is 1.53. The molecule has 1 fully saturated rings. The van der Waals surface area contributed by atoms with E-state index in [1.807, 2.05) is 6.07 Å². The van der Waals surface area contributed by atoms with Crippen molar-refractivity contribution >= 4 is 29.5 Å². The lowest BCUT2D eigenvalue weighted by Crippen LogP contribution is -2.44. The van der Waals surface area contributed by atoms with Gasteiger partial charge in [-0.2, -0.15) is 0 Å². The highest BCUT2D eigenvalue weighted by Crippen LogP contribution is 2.26. The summed E-state index contributed by atoms with van der Waals surface area (Å²) >= 11 is 5.99. The lowest BCUT2D eigenvalue weighted by Gasteiger charge is -2.34. The molecule has 2 rings (SSSR count). The zero-order valence-electron chi connectivity index (χ0n) is 10.9. The van der Waals surface area contributed by atoms with E-state index in [0.29, 0.717) is 10.6 Å². The highest BCUT2D eigenvalue weighted by molar-refractivity contribution is 6.31. The molecule has 1 saturated heterocycles. The summed E-state index contributed by atoms with van der Waals surface area (Å²) in [6.45, 7) is 3.16. The van der Waals surface area contributed by atoms with Crippen LogP contribution in [-0.2, 0) is 4.79 Å². The average Bonchev–Trinajstić information content (AvgIpc) is 2.39. The van der Waals surface area contributed by atoms with Gasteiger partial charge in [0.2, 0.25) is 5.91 Å². The standard InChI is InChI=1S/C14H17ClN2O2/c1-10(19)16-13-4-6-17(7-5-13)14-8-12(15)3-2-11(14)9-18/h2-3,8-9,13H,4-7H2,1H3,(H,16,19). The fraction of sp³-hybridized carbons (Fsp3) is 0.429. The van der Waals surface area contributed by atoms with Gasteiger partial charge in [0.15, 0.2) is 6.29 Å². The highest BCUT2D eigenvalue weighted by Gasteiger charge is 2.21. The zero-order valence-corrected chi connectivity index (χ0v) is 11.6. The Hall–Kier alpha value is -1.55. The van der Waals surface area contributed by atoms with E-state index >= 15 is 0 Å². The first-order chi connectivity index (χ1) is 9.10. The second-order valence-electron chi connectivity index (χ2n) is 4.78. The fourth-order valence-corrected chi connectivity index (χ4v) is 2.61. The van der Waals surface area contributed by atoms with Crippen molar-refractivity contribution in [2.24, 2.45) is 0 Å². The maximum absolute atomic E-state index is 11.1. The number of anilines is 1. The zero-order chi connectivity index (χ0) is 13.8. The van der Waals surface area contributed by atoms with Gasteiger partial charge in [-0.05, 0) is 31.0 Å². The van der Waals surface area contributed by atoms with E-state index in [1.165, 1.54) is 6.92 Å². The molecule has 0 unspecified atom stereocenters. The molecule has 5 heteroatoms. The van der Waals surface area contributed by atoms with Crippen molar-refractivity contribution in [1.82, 2.24) is 5.32 Å². The molecule has 1 N–H and O–H groups in total. The van der Waals surface area contributed by atoms with E-state index in [4.69, 9.17) is 11.6 Å². The Bertz CT molecular complexity index is 482. The molecule has 1 heterocycles. The molecule has 102 valence electrons. The normalized spacial score (nSPS) is 16.2. The molecule has 0 saturated carbocycles. The average molecular weight is 281 g/mol. The van der Waals surface area contributed by atoms with Crippen LogP contribution in [0.2, 0.25) is 5.02 Å². The molecule has 1 amide bonds. The lowest BCUT2D eigenvalue weighted by molar-refractivity contribution is -0.119. The van der Waals surface area contributed by atoms with Gasteiger partial charge in [-0.15, -0.1) is 0 Å². The van der Waals surface area contributed by atoms with Gasteiger partial charge in [-0.25, -0.2) is 0 Å². The molecule has 1 aliphatic heterocycles. The Morgan fingerprint density at radius 2 is 2.11 bits per heavy atom. The van der Waals surface area contributed by atoms with Gasteiger partial charge in [0.25, 0.3) is 0 Å². The van der Waals surface area contributed by atoms with Gasteiger partial charge in [-0.3, -0.25) is 9.59 Å². The van der Waals surface area contributed by atoms with E-state index < -0.39 is 0 Å². The second-order valence-corrected chi connectivity index (χ2v) is 5.22. The van der Waals surface area contributed by atoms with Crippen LogP contribution in [0.25, 0.3) is 0 Å². The van der Waals surface area contributed by atoms with Crippen LogP contribution in [-0.4, -0.2) is 31.3 Å². The smallest absolute Gasteiger partial charge is 0.217 e. The summed E-state index contributed by atoms with van der Waals surface area (Å²) in [6, 6.07) is 5.51. The lowest BCUT2D eigenvalue weighted by atomic mass is 10.0. The van der Waals surface area contributed by atoms with Crippen LogP contribution in [0.5, 0.6) is 0 Å². The number of piperidine rings is 1. The minimum Gasteiger partial charge on any atom is -0.371 e. The Morgan fingerprint density at radius 1 is 1.42 bits per heavy atom. The van der Waals surface area contributed by atoms with Crippen molar-refractivity contribution in [2.75, 3.05) is 18.0 Å². The van der Waals surface area contributed by atoms with Gasteiger partial charge in [0.1, 0.15) is 0 Å². The van der Waals surface area contributed by atoms with Gasteiger partial charge < -0.3 is 10.2 Å². The third kappa shape index (κ3) is 3.47. The molecule has 0 aromatic heterocycles. The number of aldehydes is 1. The fourth-order valence-electron chi connectivity index (χ4n) is 2.44. The minimum atomic E-state index is 0.00906. The Balaban J connectivity index is 2.07. The summed E-state index contributed by atoms with van der Waals surface area (Å²) in [6.07, 6.45) is 2.61. The largest absolute Gasteiger partial charge is 0.371 e. The van der Waals surface area contributed by atoms with Crippen molar-refractivity contribution in [1.29, 1.82) is 0 Å². The first kappa shape index (κ1) is 13.9. The van der Waals surface area contributed by atoms with Crippen molar-refractivity contribution in [3.8, 4) is 0 Å². The maximum atomic E-state index is 11.1. The predicted octanol–water partition coefficient (Wildman–Crippen LogP) is 2.26. The number of benzene rings is 1. The number of hydrogen-bond acceptors (Lipinski definition) is 3. The molecule has 0 radical (unpaired) electrons. The van der Waals surface area contributed by atoms with Crippen LogP contribution >= 0.6 is 11.6 Å². The molecule has 1 aromatic carbocycles. The maximum Gasteiger partial charge on any atom is 0.217 e. The number of halogens is 1. The van der Waals surface area contributed by atoms with Crippen molar-refractivity contribution < 1.29 is 9.59 Å². The van der Waals surface area contributed by atoms with Crippen LogP contribution in [0.4, 0.5) is 5.69 Å². The Morgan fingerprint density at radius 3 is 2.68 bits per heavy atom. The molecule has 1 aromatic rings. The van der Waals surface area contributed by atoms with Crippen LogP contribution in [0, 0.1) is 0 Å². The molecule has 0 atom stereocenters. The predicted molar refractivity (Wildman–Crippen MR) is 75.9 cm³/mol. The van der Waals surface area contributed by atoms with Crippen molar-refractivity contribution in [2.45, 2.75) is 25.8 Å². The third-order valence-corrected chi connectivity index (χ3v) is 3.60. The van der Waals surface area contributed by atoms with Crippen LogP contribution < -0.4 is 10.2 Å². The van der Waals surface area contributed by atoms with Crippen molar-refractivity contribution in [3.63, 3.8) is 0 Å². The van der Waals surface area contributed by atoms with Gasteiger partial charge in [0, 0.05) is 42.3 Å². The highest BCUT2D eigenvalue weighted by atomic mass is 35.5. The SMILES string of the molecule is CC(=O)NC1CCN(c2cc(Cl)ccc2C=O)CC1. The molecular weight excluding hydrogens is 264 g/mol. The first-order valence-corrected chi connectivity index (χ1v) is 6.74. The van der Waals surface area contributed by atoms with E-state index in [0.717, 1.165) is 37.9 Å². The molecular formula is C14H17ClN2O2. The van der Waals surface area contributed by atoms with E-state index in [2.05, 4.69) is 10.2 Å². The molecule has 1 aliphatic rings. The summed E-state index contributed by atoms with van der Waals surface area (Å²) in [5.74, 6) is 0.00906. The number of nitrogens with one attached hydrogen (secondary N) is 1. The van der Waals surface area contributed by atoms with Gasteiger partial charge in [0.05, 0.1) is 0 Å². The number of hydrogen-bond donors (Lipinski definition) is 1. The summed E-state index contributed by atoms with van der Waals surface area (Å²) in [4.78, 5) is 24.2. The molecule has 19 heavy (non-hydrogen) atoms. The number of amides is 1. The quantitative estimate of drug-likeness (QED) is 0.864. The monoisotopic (exact) mass is 280 g/mol. The van der Waals surface area contributed by atoms with Gasteiger partial charge >= 0.3 is 0 Å². The Kier molecular flexibility index (Phi) is 4.43. The number of nitrogens with zero attached hydrogens (tertiary/aromatic N) is 1. The molecule has 0 aliphatic carbocycles. The molecule has 0 spiro atoms. The number of carbonyl (C=O) groups is 2. The summed E-state index contributed by atoms with van der Waals surface area (Å²) < 4.78 is 0. The number of carbonyl (C=O) groups excluding carboxylic acids is 2. The number of rotatable bonds is 3. The van der Waals surface area contributed by atoms with E-state index in [1.54, 1.807) is 12.1 Å². The minimum absolute atomic E-state index is 0.00906. The topological polar surface area (TPSA) is 49.4 Å². The van der Waals surface area contributed by atoms with Crippen molar-refractivity contribution in [3.05, 3.63) is 28.8 Å². The summed E-state index contributed by atoms with van der Waals surface area (Å²) in [7, 11) is 0. The van der Waals surface area contributed by atoms with E-state index in [-0.39, 0.29) is 11.9 Å².